The highest BCUT2D eigenvalue weighted by Gasteiger charge is 2.23. The molecule has 0 unspecified atom stereocenters. The number of fused-ring (bicyclic) bond motifs is 1. The predicted molar refractivity (Wildman–Crippen MR) is 88.3 cm³/mol. The molecule has 1 N–H and O–H groups in total. The van der Waals surface area contributed by atoms with Gasteiger partial charge in [0.2, 0.25) is 0 Å². The van der Waals surface area contributed by atoms with Gasteiger partial charge in [0.05, 0.1) is 19.8 Å². The molecular formula is C15H18Cl2N2O2. The van der Waals surface area contributed by atoms with Crippen LogP contribution in [0.25, 0.3) is 10.8 Å². The van der Waals surface area contributed by atoms with E-state index in [-0.39, 0.29) is 0 Å². The first-order valence-electron chi connectivity index (χ1n) is 6.47. The summed E-state index contributed by atoms with van der Waals surface area (Å²) in [4.78, 5) is 4.39. The summed E-state index contributed by atoms with van der Waals surface area (Å²) >= 11 is 12.0. The summed E-state index contributed by atoms with van der Waals surface area (Å²) in [5, 5.41) is 5.24. The van der Waals surface area contributed by atoms with Gasteiger partial charge in [-0.05, 0) is 30.5 Å². The van der Waals surface area contributed by atoms with E-state index in [1.165, 1.54) is 0 Å². The molecular weight excluding hydrogens is 311 g/mol. The van der Waals surface area contributed by atoms with Crippen LogP contribution < -0.4 is 14.8 Å². The van der Waals surface area contributed by atoms with E-state index in [4.69, 9.17) is 32.7 Å². The van der Waals surface area contributed by atoms with Gasteiger partial charge >= 0.3 is 0 Å². The van der Waals surface area contributed by atoms with E-state index in [9.17, 15) is 0 Å². The number of hydrogen-bond acceptors (Lipinski definition) is 4. The lowest BCUT2D eigenvalue weighted by Crippen LogP contribution is -2.39. The van der Waals surface area contributed by atoms with Crippen LogP contribution in [0.4, 0.5) is 5.82 Å². The van der Waals surface area contributed by atoms with Gasteiger partial charge in [0.15, 0.2) is 11.5 Å². The van der Waals surface area contributed by atoms with Gasteiger partial charge in [-0.15, -0.1) is 23.2 Å². The monoisotopic (exact) mass is 328 g/mol. The Labute approximate surface area is 134 Å². The Kier molecular flexibility index (Phi) is 5.01. The van der Waals surface area contributed by atoms with Crippen molar-refractivity contribution in [1.82, 2.24) is 4.98 Å². The van der Waals surface area contributed by atoms with Crippen LogP contribution in [0.1, 0.15) is 6.92 Å². The average molecular weight is 329 g/mol. The van der Waals surface area contributed by atoms with Crippen LogP contribution in [0.15, 0.2) is 24.4 Å². The normalized spacial score (nSPS) is 11.5. The molecule has 0 amide bonds. The molecule has 0 saturated carbocycles. The van der Waals surface area contributed by atoms with Gasteiger partial charge in [0.1, 0.15) is 5.82 Å². The smallest absolute Gasteiger partial charge is 0.161 e. The average Bonchev–Trinajstić information content (AvgIpc) is 2.53. The molecule has 1 heterocycles. The fraction of sp³-hybridized carbons (Fsp3) is 0.400. The van der Waals surface area contributed by atoms with Crippen molar-refractivity contribution in [2.75, 3.05) is 31.3 Å². The minimum Gasteiger partial charge on any atom is -0.493 e. The van der Waals surface area contributed by atoms with Crippen molar-refractivity contribution in [2.24, 2.45) is 0 Å². The van der Waals surface area contributed by atoms with E-state index in [1.54, 1.807) is 20.4 Å². The number of pyridine rings is 1. The summed E-state index contributed by atoms with van der Waals surface area (Å²) < 4.78 is 10.7. The third-order valence-corrected chi connectivity index (χ3v) is 4.46. The van der Waals surface area contributed by atoms with E-state index in [0.29, 0.717) is 23.3 Å². The van der Waals surface area contributed by atoms with E-state index < -0.39 is 5.54 Å². The van der Waals surface area contributed by atoms with Gasteiger partial charge in [-0.2, -0.15) is 0 Å². The van der Waals surface area contributed by atoms with Crippen LogP contribution in [0.2, 0.25) is 0 Å². The molecule has 6 heteroatoms. The standard InChI is InChI=1S/C15H18Cl2N2O2/c1-15(8-16,9-17)19-14-11-7-13(21-3)12(20-2)6-10(11)4-5-18-14/h4-7H,8-9H2,1-3H3,(H,18,19). The fourth-order valence-corrected chi connectivity index (χ4v) is 2.41. The number of aromatic nitrogens is 1. The molecule has 0 aliphatic heterocycles. The maximum absolute atomic E-state index is 6.00. The maximum atomic E-state index is 6.00. The lowest BCUT2D eigenvalue weighted by molar-refractivity contribution is 0.356. The second-order valence-electron chi connectivity index (χ2n) is 5.04. The molecule has 0 saturated heterocycles. The topological polar surface area (TPSA) is 43.4 Å². The summed E-state index contributed by atoms with van der Waals surface area (Å²) in [5.74, 6) is 2.81. The highest BCUT2D eigenvalue weighted by Crippen LogP contribution is 2.35. The number of halogens is 2. The zero-order chi connectivity index (χ0) is 15.5. The first kappa shape index (κ1) is 16.0. The number of alkyl halides is 2. The van der Waals surface area contributed by atoms with Crippen LogP contribution >= 0.6 is 23.2 Å². The summed E-state index contributed by atoms with van der Waals surface area (Å²) in [6, 6.07) is 5.73. The van der Waals surface area contributed by atoms with Crippen molar-refractivity contribution in [2.45, 2.75) is 12.5 Å². The Bertz CT molecular complexity index is 630. The molecule has 4 nitrogen and oxygen atoms in total. The number of rotatable bonds is 6. The summed E-state index contributed by atoms with van der Waals surface area (Å²) in [5.41, 5.74) is -0.433. The molecule has 0 atom stereocenters. The number of methoxy groups -OCH3 is 2. The lowest BCUT2D eigenvalue weighted by Gasteiger charge is -2.27. The van der Waals surface area contributed by atoms with Crippen LogP contribution in [0, 0.1) is 0 Å². The van der Waals surface area contributed by atoms with Crippen LogP contribution in [0.3, 0.4) is 0 Å². The number of nitrogens with zero attached hydrogens (tertiary/aromatic N) is 1. The molecule has 1 aromatic carbocycles. The zero-order valence-electron chi connectivity index (χ0n) is 12.2. The number of benzene rings is 1. The molecule has 1 aromatic heterocycles. The summed E-state index contributed by atoms with van der Waals surface area (Å²) in [7, 11) is 3.22. The second kappa shape index (κ2) is 6.58. The van der Waals surface area contributed by atoms with Gasteiger partial charge in [0, 0.05) is 23.3 Å². The van der Waals surface area contributed by atoms with E-state index in [0.717, 1.165) is 16.6 Å². The van der Waals surface area contributed by atoms with Crippen molar-refractivity contribution >= 4 is 39.8 Å². The first-order chi connectivity index (χ1) is 10.1. The Morgan fingerprint density at radius 3 is 2.33 bits per heavy atom. The molecule has 0 aliphatic rings. The first-order valence-corrected chi connectivity index (χ1v) is 7.54. The van der Waals surface area contributed by atoms with Crippen molar-refractivity contribution in [3.8, 4) is 11.5 Å². The van der Waals surface area contributed by atoms with E-state index in [2.05, 4.69) is 10.3 Å². The number of hydrogen-bond donors (Lipinski definition) is 1. The molecule has 0 radical (unpaired) electrons. The molecule has 0 bridgehead atoms. The molecule has 0 spiro atoms. The maximum Gasteiger partial charge on any atom is 0.161 e. The molecule has 2 aromatic rings. The Morgan fingerprint density at radius 2 is 1.76 bits per heavy atom. The van der Waals surface area contributed by atoms with E-state index >= 15 is 0 Å². The largest absolute Gasteiger partial charge is 0.493 e. The fourth-order valence-electron chi connectivity index (χ4n) is 1.99. The Hall–Kier alpha value is -1.39. The third-order valence-electron chi connectivity index (χ3n) is 3.28. The number of anilines is 1. The van der Waals surface area contributed by atoms with Crippen molar-refractivity contribution in [1.29, 1.82) is 0 Å². The van der Waals surface area contributed by atoms with Crippen LogP contribution in [-0.2, 0) is 0 Å². The van der Waals surface area contributed by atoms with Gasteiger partial charge in [-0.25, -0.2) is 4.98 Å². The van der Waals surface area contributed by atoms with E-state index in [1.807, 2.05) is 25.1 Å². The van der Waals surface area contributed by atoms with Gasteiger partial charge in [0.25, 0.3) is 0 Å². The number of ether oxygens (including phenoxy) is 2. The second-order valence-corrected chi connectivity index (χ2v) is 5.58. The highest BCUT2D eigenvalue weighted by atomic mass is 35.5. The molecule has 0 fully saturated rings. The SMILES string of the molecule is COc1cc2ccnc(NC(C)(CCl)CCl)c2cc1OC. The van der Waals surface area contributed by atoms with Crippen molar-refractivity contribution < 1.29 is 9.47 Å². The molecule has 0 aliphatic carbocycles. The molecule has 21 heavy (non-hydrogen) atoms. The van der Waals surface area contributed by atoms with Gasteiger partial charge in [-0.1, -0.05) is 0 Å². The Balaban J connectivity index is 2.54. The predicted octanol–water partition coefficient (Wildman–Crippen LogP) is 3.90. The number of nitrogens with one attached hydrogen (secondary N) is 1. The molecule has 114 valence electrons. The minimum atomic E-state index is -0.433. The summed E-state index contributed by atoms with van der Waals surface area (Å²) in [6.07, 6.45) is 1.74. The Morgan fingerprint density at radius 1 is 1.14 bits per heavy atom. The molecule has 2 rings (SSSR count). The highest BCUT2D eigenvalue weighted by molar-refractivity contribution is 6.22. The van der Waals surface area contributed by atoms with Crippen LogP contribution in [-0.4, -0.2) is 36.5 Å². The van der Waals surface area contributed by atoms with Crippen molar-refractivity contribution in [3.63, 3.8) is 0 Å². The zero-order valence-corrected chi connectivity index (χ0v) is 13.8. The lowest BCUT2D eigenvalue weighted by atomic mass is 10.1. The summed E-state index contributed by atoms with van der Waals surface area (Å²) in [6.45, 7) is 1.95. The van der Waals surface area contributed by atoms with Crippen molar-refractivity contribution in [3.05, 3.63) is 24.4 Å². The van der Waals surface area contributed by atoms with Gasteiger partial charge < -0.3 is 14.8 Å². The third kappa shape index (κ3) is 3.27. The van der Waals surface area contributed by atoms with Gasteiger partial charge in [-0.3, -0.25) is 0 Å². The van der Waals surface area contributed by atoms with Crippen LogP contribution in [0.5, 0.6) is 11.5 Å². The minimum absolute atomic E-state index is 0.377. The quantitative estimate of drug-likeness (QED) is 0.817.